The summed E-state index contributed by atoms with van der Waals surface area (Å²) in [6.45, 7) is 5.87. The number of aromatic nitrogens is 1. The van der Waals surface area contributed by atoms with Crippen molar-refractivity contribution in [2.45, 2.75) is 39.3 Å². The van der Waals surface area contributed by atoms with Crippen molar-refractivity contribution >= 4 is 29.3 Å². The van der Waals surface area contributed by atoms with Crippen LogP contribution in [0.1, 0.15) is 27.2 Å². The number of nitrogens with zero attached hydrogens (tertiary/aromatic N) is 2. The summed E-state index contributed by atoms with van der Waals surface area (Å²) in [6, 6.07) is 3.64. The highest BCUT2D eigenvalue weighted by atomic mass is 32.1. The molecule has 178 valence electrons. The van der Waals surface area contributed by atoms with Crippen LogP contribution in [0.5, 0.6) is 5.75 Å². The molecule has 1 fully saturated rings. The van der Waals surface area contributed by atoms with Crippen molar-refractivity contribution in [3.05, 3.63) is 35.2 Å². The van der Waals surface area contributed by atoms with Gasteiger partial charge < -0.3 is 24.8 Å². The molecule has 0 radical (unpaired) electrons. The zero-order valence-corrected chi connectivity index (χ0v) is 19.9. The molecule has 0 saturated carbocycles. The number of hydrogen-bond donors (Lipinski definition) is 2. The van der Waals surface area contributed by atoms with Gasteiger partial charge in [-0.15, -0.1) is 0 Å². The van der Waals surface area contributed by atoms with E-state index in [1.54, 1.807) is 44.4 Å². The Bertz CT molecular complexity index is 988. The largest absolute Gasteiger partial charge is 0.493 e. The van der Waals surface area contributed by atoms with Crippen LogP contribution in [0.25, 0.3) is 11.3 Å². The minimum atomic E-state index is -1.08. The zero-order valence-electron chi connectivity index (χ0n) is 19.1. The standard InChI is InChI=1S/C23H29N3O6S/c1-23(2,3)19(25-22(30)31-4)20(27)26-11-14(9-18(26)21(28)29)12-32-16-5-7-24-17(10-16)15-6-8-33-13-15/h5-8,10,13-14,18-19H,9,11-12H2,1-4H3,(H,25,30)(H,28,29). The Hall–Kier alpha value is -3.14. The first kappa shape index (κ1) is 24.5. The predicted octanol–water partition coefficient (Wildman–Crippen LogP) is 3.26. The number of aliphatic carboxylic acids is 1. The smallest absolute Gasteiger partial charge is 0.407 e. The van der Waals surface area contributed by atoms with Crippen molar-refractivity contribution in [2.24, 2.45) is 11.3 Å². The van der Waals surface area contributed by atoms with E-state index in [4.69, 9.17) is 4.74 Å². The highest BCUT2D eigenvalue weighted by Crippen LogP contribution is 2.30. The number of amides is 2. The van der Waals surface area contributed by atoms with Gasteiger partial charge in [0, 0.05) is 35.7 Å². The highest BCUT2D eigenvalue weighted by molar-refractivity contribution is 7.08. The van der Waals surface area contributed by atoms with E-state index in [2.05, 4.69) is 15.0 Å². The van der Waals surface area contributed by atoms with Crippen molar-refractivity contribution in [3.63, 3.8) is 0 Å². The van der Waals surface area contributed by atoms with Crippen molar-refractivity contribution in [1.29, 1.82) is 0 Å². The first-order chi connectivity index (χ1) is 15.6. The summed E-state index contributed by atoms with van der Waals surface area (Å²) in [5.41, 5.74) is 1.15. The molecule has 0 aromatic carbocycles. The van der Waals surface area contributed by atoms with Gasteiger partial charge in [-0.2, -0.15) is 11.3 Å². The van der Waals surface area contributed by atoms with Crippen LogP contribution >= 0.6 is 11.3 Å². The van der Waals surface area contributed by atoms with E-state index < -0.39 is 35.5 Å². The Morgan fingerprint density at radius 1 is 1.33 bits per heavy atom. The van der Waals surface area contributed by atoms with E-state index >= 15 is 0 Å². The average Bonchev–Trinajstić information content (AvgIpc) is 3.45. The lowest BCUT2D eigenvalue weighted by molar-refractivity contribution is -0.150. The number of rotatable bonds is 7. The quantitative estimate of drug-likeness (QED) is 0.631. The summed E-state index contributed by atoms with van der Waals surface area (Å²) in [6.07, 6.45) is 1.19. The third-order valence-electron chi connectivity index (χ3n) is 5.55. The number of pyridine rings is 1. The Labute approximate surface area is 196 Å². The van der Waals surface area contributed by atoms with E-state index in [0.717, 1.165) is 11.3 Å². The molecule has 0 spiro atoms. The number of methoxy groups -OCH3 is 1. The van der Waals surface area contributed by atoms with E-state index in [-0.39, 0.29) is 25.5 Å². The van der Waals surface area contributed by atoms with Gasteiger partial charge in [0.15, 0.2) is 0 Å². The Morgan fingerprint density at radius 3 is 2.70 bits per heavy atom. The molecule has 3 rings (SSSR count). The number of carboxylic acid groups (broad SMARTS) is 1. The van der Waals surface area contributed by atoms with Crippen molar-refractivity contribution in [2.75, 3.05) is 20.3 Å². The van der Waals surface area contributed by atoms with Gasteiger partial charge in [-0.25, -0.2) is 9.59 Å². The SMILES string of the molecule is COC(=O)NC(C(=O)N1CC(COc2ccnc(-c3ccsc3)c2)CC1C(=O)O)C(C)(C)C. The molecule has 3 heterocycles. The zero-order chi connectivity index (χ0) is 24.2. The fourth-order valence-corrected chi connectivity index (χ4v) is 4.45. The van der Waals surface area contributed by atoms with Crippen molar-refractivity contribution < 1.29 is 29.0 Å². The molecular formula is C23H29N3O6S. The summed E-state index contributed by atoms with van der Waals surface area (Å²) < 4.78 is 10.6. The Balaban J connectivity index is 1.70. The average molecular weight is 476 g/mol. The lowest BCUT2D eigenvalue weighted by Crippen LogP contribution is -2.56. The second-order valence-electron chi connectivity index (χ2n) is 9.08. The summed E-state index contributed by atoms with van der Waals surface area (Å²) in [5, 5.41) is 16.3. The number of carbonyl (C=O) groups is 3. The third-order valence-corrected chi connectivity index (χ3v) is 6.23. The minimum absolute atomic E-state index is 0.174. The molecule has 0 bridgehead atoms. The topological polar surface area (TPSA) is 118 Å². The van der Waals surface area contributed by atoms with Gasteiger partial charge in [0.05, 0.1) is 19.4 Å². The van der Waals surface area contributed by atoms with Gasteiger partial charge in [-0.1, -0.05) is 20.8 Å². The molecular weight excluding hydrogens is 446 g/mol. The molecule has 2 amide bonds. The van der Waals surface area contributed by atoms with Crippen molar-refractivity contribution in [3.8, 4) is 17.0 Å². The minimum Gasteiger partial charge on any atom is -0.493 e. The van der Waals surface area contributed by atoms with Crippen LogP contribution in [0.4, 0.5) is 4.79 Å². The van der Waals surface area contributed by atoms with Crippen LogP contribution in [0.2, 0.25) is 0 Å². The molecule has 2 N–H and O–H groups in total. The lowest BCUT2D eigenvalue weighted by Gasteiger charge is -2.34. The number of alkyl carbamates (subject to hydrolysis) is 1. The maximum Gasteiger partial charge on any atom is 0.407 e. The monoisotopic (exact) mass is 475 g/mol. The molecule has 2 aromatic heterocycles. The fourth-order valence-electron chi connectivity index (χ4n) is 3.80. The maximum absolute atomic E-state index is 13.3. The second-order valence-corrected chi connectivity index (χ2v) is 9.86. The number of carbonyl (C=O) groups excluding carboxylic acids is 2. The third kappa shape index (κ3) is 6.01. The number of hydrogen-bond acceptors (Lipinski definition) is 7. The van der Waals surface area contributed by atoms with Crippen LogP contribution in [0, 0.1) is 11.3 Å². The second kappa shape index (κ2) is 10.2. The van der Waals surface area contributed by atoms with Gasteiger partial charge in [0.25, 0.3) is 0 Å². The number of likely N-dealkylation sites (tertiary alicyclic amines) is 1. The van der Waals surface area contributed by atoms with E-state index in [9.17, 15) is 19.5 Å². The van der Waals surface area contributed by atoms with Gasteiger partial charge >= 0.3 is 12.1 Å². The molecule has 9 nitrogen and oxygen atoms in total. The van der Waals surface area contributed by atoms with E-state index in [1.165, 1.54) is 12.0 Å². The maximum atomic E-state index is 13.3. The molecule has 1 aliphatic heterocycles. The van der Waals surface area contributed by atoms with Crippen LogP contribution in [-0.2, 0) is 14.3 Å². The summed E-state index contributed by atoms with van der Waals surface area (Å²) in [7, 11) is 1.21. The van der Waals surface area contributed by atoms with Gasteiger partial charge in [-0.05, 0) is 29.3 Å². The molecule has 3 unspecified atom stereocenters. The van der Waals surface area contributed by atoms with Crippen LogP contribution in [-0.4, -0.2) is 65.3 Å². The summed E-state index contributed by atoms with van der Waals surface area (Å²) >= 11 is 1.58. The van der Waals surface area contributed by atoms with E-state index in [0.29, 0.717) is 5.75 Å². The Morgan fingerprint density at radius 2 is 2.09 bits per heavy atom. The lowest BCUT2D eigenvalue weighted by atomic mass is 9.85. The van der Waals surface area contributed by atoms with Crippen molar-refractivity contribution in [1.82, 2.24) is 15.2 Å². The molecule has 3 atom stereocenters. The van der Waals surface area contributed by atoms with Gasteiger partial charge in [0.1, 0.15) is 17.8 Å². The predicted molar refractivity (Wildman–Crippen MR) is 123 cm³/mol. The molecule has 33 heavy (non-hydrogen) atoms. The molecule has 2 aromatic rings. The molecule has 0 aliphatic carbocycles. The normalized spacial score (nSPS) is 19.1. The van der Waals surface area contributed by atoms with Crippen LogP contribution in [0.3, 0.4) is 0 Å². The first-order valence-electron chi connectivity index (χ1n) is 10.6. The Kier molecular flexibility index (Phi) is 7.57. The van der Waals surface area contributed by atoms with E-state index in [1.807, 2.05) is 22.9 Å². The fraction of sp³-hybridized carbons (Fsp3) is 0.478. The summed E-state index contributed by atoms with van der Waals surface area (Å²) in [4.78, 5) is 42.7. The number of carboxylic acids is 1. The number of nitrogens with one attached hydrogen (secondary N) is 1. The highest BCUT2D eigenvalue weighted by Gasteiger charge is 2.45. The van der Waals surface area contributed by atoms with Crippen LogP contribution in [0.15, 0.2) is 35.2 Å². The number of thiophene rings is 1. The van der Waals surface area contributed by atoms with Crippen LogP contribution < -0.4 is 10.1 Å². The summed E-state index contributed by atoms with van der Waals surface area (Å²) in [5.74, 6) is -1.08. The molecule has 1 saturated heterocycles. The van der Waals surface area contributed by atoms with Gasteiger partial charge in [-0.3, -0.25) is 9.78 Å². The molecule has 10 heteroatoms. The number of ether oxygens (including phenoxy) is 2. The first-order valence-corrected chi connectivity index (χ1v) is 11.5. The molecule has 1 aliphatic rings. The van der Waals surface area contributed by atoms with Gasteiger partial charge in [0.2, 0.25) is 5.91 Å².